The summed E-state index contributed by atoms with van der Waals surface area (Å²) in [4.78, 5) is 11.9. The molecule has 23 heavy (non-hydrogen) atoms. The summed E-state index contributed by atoms with van der Waals surface area (Å²) >= 11 is 0. The number of benzene rings is 2. The Balaban J connectivity index is 1.91. The Labute approximate surface area is 135 Å². The van der Waals surface area contributed by atoms with Gasteiger partial charge in [0.25, 0.3) is 5.91 Å². The van der Waals surface area contributed by atoms with Crippen LogP contribution in [0.25, 0.3) is 0 Å². The lowest BCUT2D eigenvalue weighted by Gasteiger charge is -2.10. The number of ether oxygens (including phenoxy) is 1. The lowest BCUT2D eigenvalue weighted by atomic mass is 10.1. The number of nitrogens with zero attached hydrogens (tertiary/aromatic N) is 1. The normalized spacial score (nSPS) is 11.0. The molecule has 1 amide bonds. The predicted octanol–water partition coefficient (Wildman–Crippen LogP) is 2.23. The highest BCUT2D eigenvalue weighted by Crippen LogP contribution is 2.22. The van der Waals surface area contributed by atoms with Crippen LogP contribution in [0.2, 0.25) is 0 Å². The van der Waals surface area contributed by atoms with Crippen LogP contribution >= 0.6 is 0 Å². The van der Waals surface area contributed by atoms with Crippen molar-refractivity contribution in [3.8, 4) is 5.75 Å². The van der Waals surface area contributed by atoms with Crippen LogP contribution in [-0.2, 0) is 4.79 Å². The van der Waals surface area contributed by atoms with Crippen LogP contribution in [0.5, 0.6) is 5.75 Å². The fraction of sp³-hybridized carbons (Fsp3) is 0.176. The lowest BCUT2D eigenvalue weighted by molar-refractivity contribution is -0.119. The van der Waals surface area contributed by atoms with Crippen molar-refractivity contribution in [2.75, 3.05) is 24.7 Å². The van der Waals surface area contributed by atoms with Crippen LogP contribution in [-0.4, -0.2) is 25.3 Å². The maximum Gasteiger partial charge on any atom is 0.259 e. The second kappa shape index (κ2) is 7.84. The van der Waals surface area contributed by atoms with Gasteiger partial charge in [-0.25, -0.2) is 5.43 Å². The molecule has 0 saturated carbocycles. The molecule has 0 saturated heterocycles. The highest BCUT2D eigenvalue weighted by molar-refractivity contribution is 6.00. The number of amides is 1. The van der Waals surface area contributed by atoms with Crippen molar-refractivity contribution in [2.45, 2.75) is 6.92 Å². The fourth-order valence-electron chi connectivity index (χ4n) is 1.98. The van der Waals surface area contributed by atoms with Gasteiger partial charge in [0.1, 0.15) is 5.75 Å². The maximum absolute atomic E-state index is 11.9. The van der Waals surface area contributed by atoms with Gasteiger partial charge in [0.15, 0.2) is 0 Å². The van der Waals surface area contributed by atoms with Gasteiger partial charge in [0, 0.05) is 5.69 Å². The monoisotopic (exact) mass is 312 g/mol. The van der Waals surface area contributed by atoms with Crippen molar-refractivity contribution < 1.29 is 9.53 Å². The number of carbonyl (C=O) groups is 1. The zero-order valence-corrected chi connectivity index (χ0v) is 13.2. The Morgan fingerprint density at radius 1 is 1.22 bits per heavy atom. The molecule has 0 unspecified atom stereocenters. The van der Waals surface area contributed by atoms with E-state index in [1.165, 1.54) is 0 Å². The zero-order chi connectivity index (χ0) is 16.7. The molecule has 0 spiro atoms. The molecular weight excluding hydrogens is 292 g/mol. The highest BCUT2D eigenvalue weighted by Gasteiger charge is 2.05. The number of hydrazone groups is 1. The molecule has 0 fully saturated rings. The summed E-state index contributed by atoms with van der Waals surface area (Å²) in [7, 11) is 1.58. The number of nitrogen functional groups attached to an aromatic ring is 1. The Morgan fingerprint density at radius 3 is 2.74 bits per heavy atom. The summed E-state index contributed by atoms with van der Waals surface area (Å²) in [5.41, 5.74) is 11.2. The van der Waals surface area contributed by atoms with E-state index in [0.717, 1.165) is 11.3 Å². The Bertz CT molecular complexity index is 713. The Kier molecular flexibility index (Phi) is 5.57. The molecule has 0 heterocycles. The minimum absolute atomic E-state index is 0.0914. The van der Waals surface area contributed by atoms with Gasteiger partial charge < -0.3 is 15.8 Å². The van der Waals surface area contributed by atoms with Gasteiger partial charge in [-0.3, -0.25) is 4.79 Å². The van der Waals surface area contributed by atoms with Crippen LogP contribution < -0.4 is 21.2 Å². The van der Waals surface area contributed by atoms with E-state index < -0.39 is 0 Å². The molecule has 6 heteroatoms. The van der Waals surface area contributed by atoms with E-state index in [4.69, 9.17) is 10.5 Å². The van der Waals surface area contributed by atoms with Gasteiger partial charge >= 0.3 is 0 Å². The van der Waals surface area contributed by atoms with E-state index in [-0.39, 0.29) is 12.5 Å². The van der Waals surface area contributed by atoms with E-state index in [9.17, 15) is 4.79 Å². The van der Waals surface area contributed by atoms with Crippen molar-refractivity contribution in [2.24, 2.45) is 5.10 Å². The van der Waals surface area contributed by atoms with Crippen molar-refractivity contribution in [3.63, 3.8) is 0 Å². The smallest absolute Gasteiger partial charge is 0.259 e. The molecule has 0 aromatic heterocycles. The second-order valence-electron chi connectivity index (χ2n) is 4.91. The zero-order valence-electron chi connectivity index (χ0n) is 13.2. The van der Waals surface area contributed by atoms with Crippen molar-refractivity contribution in [1.29, 1.82) is 0 Å². The van der Waals surface area contributed by atoms with Crippen LogP contribution in [0.15, 0.2) is 53.6 Å². The first kappa shape index (κ1) is 16.4. The number of hydrogen-bond donors (Lipinski definition) is 3. The third-order valence-electron chi connectivity index (χ3n) is 3.20. The van der Waals surface area contributed by atoms with Crippen molar-refractivity contribution >= 4 is 23.0 Å². The fourth-order valence-corrected chi connectivity index (χ4v) is 1.98. The first-order valence-electron chi connectivity index (χ1n) is 7.16. The van der Waals surface area contributed by atoms with Gasteiger partial charge in [-0.1, -0.05) is 24.3 Å². The first-order valence-corrected chi connectivity index (χ1v) is 7.16. The standard InChI is InChI=1S/C17H20N4O2/c1-12(13-6-5-7-14(18)10-13)20-21-17(22)11-19-15-8-3-4-9-16(15)23-2/h3-10,19H,11,18H2,1-2H3,(H,21,22). The average molecular weight is 312 g/mol. The van der Waals surface area contributed by atoms with Crippen LogP contribution in [0.3, 0.4) is 0 Å². The predicted molar refractivity (Wildman–Crippen MR) is 92.7 cm³/mol. The number of hydrogen-bond acceptors (Lipinski definition) is 5. The lowest BCUT2D eigenvalue weighted by Crippen LogP contribution is -2.26. The van der Waals surface area contributed by atoms with Crippen LogP contribution in [0.4, 0.5) is 11.4 Å². The molecule has 0 atom stereocenters. The highest BCUT2D eigenvalue weighted by atomic mass is 16.5. The molecule has 0 aliphatic heterocycles. The van der Waals surface area contributed by atoms with Gasteiger partial charge in [0.05, 0.1) is 25.1 Å². The number of rotatable bonds is 6. The summed E-state index contributed by atoms with van der Waals surface area (Å²) in [6.07, 6.45) is 0. The third kappa shape index (κ3) is 4.74. The number of anilines is 2. The maximum atomic E-state index is 11.9. The second-order valence-corrected chi connectivity index (χ2v) is 4.91. The van der Waals surface area contributed by atoms with Crippen molar-refractivity contribution in [1.82, 2.24) is 5.43 Å². The quantitative estimate of drug-likeness (QED) is 0.433. The Hall–Kier alpha value is -3.02. The van der Waals surface area contributed by atoms with E-state index in [0.29, 0.717) is 17.1 Å². The molecule has 0 bridgehead atoms. The number of nitrogens with two attached hydrogens (primary N) is 1. The van der Waals surface area contributed by atoms with E-state index in [1.54, 1.807) is 19.2 Å². The number of para-hydroxylation sites is 2. The summed E-state index contributed by atoms with van der Waals surface area (Å²) in [6, 6.07) is 14.7. The molecule has 2 rings (SSSR count). The molecular formula is C17H20N4O2. The average Bonchev–Trinajstić information content (AvgIpc) is 2.58. The van der Waals surface area contributed by atoms with Gasteiger partial charge in [0.2, 0.25) is 0 Å². The molecule has 0 aliphatic rings. The van der Waals surface area contributed by atoms with Crippen LogP contribution in [0, 0.1) is 0 Å². The largest absolute Gasteiger partial charge is 0.495 e. The van der Waals surface area contributed by atoms with Crippen molar-refractivity contribution in [3.05, 3.63) is 54.1 Å². The molecule has 2 aromatic rings. The minimum Gasteiger partial charge on any atom is -0.495 e. The third-order valence-corrected chi connectivity index (χ3v) is 3.20. The number of methoxy groups -OCH3 is 1. The van der Waals surface area contributed by atoms with E-state index >= 15 is 0 Å². The Morgan fingerprint density at radius 2 is 2.00 bits per heavy atom. The molecule has 0 radical (unpaired) electrons. The first-order chi connectivity index (χ1) is 11.1. The summed E-state index contributed by atoms with van der Waals surface area (Å²) < 4.78 is 5.21. The molecule has 2 aromatic carbocycles. The minimum atomic E-state index is -0.251. The van der Waals surface area contributed by atoms with Crippen LogP contribution in [0.1, 0.15) is 12.5 Å². The molecule has 4 N–H and O–H groups in total. The van der Waals surface area contributed by atoms with E-state index in [1.807, 2.05) is 43.3 Å². The molecule has 0 aliphatic carbocycles. The number of nitrogens with one attached hydrogen (secondary N) is 2. The molecule has 120 valence electrons. The van der Waals surface area contributed by atoms with Gasteiger partial charge in [-0.2, -0.15) is 5.10 Å². The summed E-state index contributed by atoms with van der Waals surface area (Å²) in [5, 5.41) is 7.09. The summed E-state index contributed by atoms with van der Waals surface area (Å²) in [6.45, 7) is 1.90. The number of carbonyl (C=O) groups excluding carboxylic acids is 1. The molecule has 6 nitrogen and oxygen atoms in total. The van der Waals surface area contributed by atoms with Gasteiger partial charge in [-0.15, -0.1) is 0 Å². The summed E-state index contributed by atoms with van der Waals surface area (Å²) in [5.74, 6) is 0.430. The SMILES string of the molecule is COc1ccccc1NCC(=O)NN=C(C)c1cccc(N)c1. The van der Waals surface area contributed by atoms with E-state index in [2.05, 4.69) is 15.8 Å². The topological polar surface area (TPSA) is 88.7 Å². The van der Waals surface area contributed by atoms with Gasteiger partial charge in [-0.05, 0) is 36.8 Å².